The van der Waals surface area contributed by atoms with Crippen molar-refractivity contribution in [2.24, 2.45) is 0 Å². The normalized spacial score (nSPS) is 12.1. The summed E-state index contributed by atoms with van der Waals surface area (Å²) in [7, 11) is 0. The summed E-state index contributed by atoms with van der Waals surface area (Å²) in [6, 6.07) is 44.9. The van der Waals surface area contributed by atoms with Crippen LogP contribution in [0.3, 0.4) is 0 Å². The van der Waals surface area contributed by atoms with Crippen LogP contribution in [0.25, 0.3) is 83.5 Å². The van der Waals surface area contributed by atoms with Crippen LogP contribution in [-0.4, -0.2) is 9.55 Å². The van der Waals surface area contributed by atoms with Crippen molar-refractivity contribution in [2.75, 3.05) is 0 Å². The van der Waals surface area contributed by atoms with Gasteiger partial charge in [-0.1, -0.05) is 113 Å². The molecule has 0 aliphatic carbocycles. The number of fused-ring (bicyclic) bond motifs is 5. The fourth-order valence-electron chi connectivity index (χ4n) is 7.60. The molecule has 9 aromatic rings. The molecular weight excluding hydrogens is 613 g/mol. The molecule has 0 radical (unpaired) electrons. The lowest BCUT2D eigenvalue weighted by Gasteiger charge is -2.24. The van der Waals surface area contributed by atoms with Crippen LogP contribution in [0.5, 0.6) is 0 Å². The number of rotatable bonds is 6. The largest absolute Gasteiger partial charge is 0.456 e. The van der Waals surface area contributed by atoms with Crippen molar-refractivity contribution in [3.63, 3.8) is 0 Å². The van der Waals surface area contributed by atoms with Gasteiger partial charge in [-0.3, -0.25) is 4.57 Å². The predicted molar refractivity (Wildman–Crippen MR) is 207 cm³/mol. The van der Waals surface area contributed by atoms with Crippen molar-refractivity contribution < 1.29 is 8.83 Å². The molecule has 0 amide bonds. The third-order valence-electron chi connectivity index (χ3n) is 10.1. The SMILES string of the molecule is Cc1c(-c2ccccc2)oc2cc3oc4c(-c5nc6ccccc6n5-c5c(C(C)C)cc(-c6ccccc6)cc5C(C)C)cccc4c3cc12. The van der Waals surface area contributed by atoms with E-state index in [9.17, 15) is 0 Å². The molecule has 50 heavy (non-hydrogen) atoms. The number of aromatic nitrogens is 2. The van der Waals surface area contributed by atoms with E-state index >= 15 is 0 Å². The highest BCUT2D eigenvalue weighted by Crippen LogP contribution is 2.44. The average Bonchev–Trinajstić information content (AvgIpc) is 3.81. The van der Waals surface area contributed by atoms with Gasteiger partial charge in [0.25, 0.3) is 0 Å². The first kappa shape index (κ1) is 30.2. The molecule has 0 atom stereocenters. The van der Waals surface area contributed by atoms with Crippen molar-refractivity contribution in [2.45, 2.75) is 46.5 Å². The van der Waals surface area contributed by atoms with Crippen LogP contribution in [0, 0.1) is 6.92 Å². The lowest BCUT2D eigenvalue weighted by Crippen LogP contribution is -2.09. The number of hydrogen-bond acceptors (Lipinski definition) is 3. The van der Waals surface area contributed by atoms with Gasteiger partial charge in [0, 0.05) is 33.4 Å². The Labute approximate surface area is 291 Å². The maximum absolute atomic E-state index is 6.81. The van der Waals surface area contributed by atoms with Gasteiger partial charge >= 0.3 is 0 Å². The van der Waals surface area contributed by atoms with Crippen LogP contribution in [0.15, 0.2) is 136 Å². The number of hydrogen-bond donors (Lipinski definition) is 0. The van der Waals surface area contributed by atoms with Crippen molar-refractivity contribution in [3.8, 4) is 39.5 Å². The van der Waals surface area contributed by atoms with E-state index in [1.54, 1.807) is 0 Å². The molecule has 4 heteroatoms. The monoisotopic (exact) mass is 650 g/mol. The number of aryl methyl sites for hydroxylation is 1. The Bertz CT molecular complexity index is 2680. The Balaban J connectivity index is 1.31. The Morgan fingerprint density at radius 1 is 0.560 bits per heavy atom. The van der Waals surface area contributed by atoms with Gasteiger partial charge in [0.05, 0.1) is 22.3 Å². The quantitative estimate of drug-likeness (QED) is 0.180. The Morgan fingerprint density at radius 2 is 1.20 bits per heavy atom. The van der Waals surface area contributed by atoms with Gasteiger partial charge in [-0.15, -0.1) is 0 Å². The molecule has 0 saturated heterocycles. The Morgan fingerprint density at radius 3 is 1.90 bits per heavy atom. The van der Waals surface area contributed by atoms with Crippen LogP contribution >= 0.6 is 0 Å². The number of furan rings is 2. The fourth-order valence-corrected chi connectivity index (χ4v) is 7.60. The van der Waals surface area contributed by atoms with E-state index in [2.05, 4.69) is 142 Å². The van der Waals surface area contributed by atoms with Crippen molar-refractivity contribution in [3.05, 3.63) is 144 Å². The molecular formula is C46H38N2O2. The molecule has 0 aliphatic rings. The van der Waals surface area contributed by atoms with Crippen molar-refractivity contribution in [1.29, 1.82) is 0 Å². The minimum Gasteiger partial charge on any atom is -0.456 e. The first-order chi connectivity index (χ1) is 24.4. The van der Waals surface area contributed by atoms with E-state index in [0.717, 1.165) is 72.2 Å². The minimum atomic E-state index is 0.279. The summed E-state index contributed by atoms with van der Waals surface area (Å²) in [6.07, 6.45) is 0. The lowest BCUT2D eigenvalue weighted by molar-refractivity contribution is 0.626. The summed E-state index contributed by atoms with van der Waals surface area (Å²) < 4.78 is 15.7. The second-order valence-electron chi connectivity index (χ2n) is 14.0. The highest BCUT2D eigenvalue weighted by molar-refractivity contribution is 6.13. The van der Waals surface area contributed by atoms with E-state index in [1.165, 1.54) is 27.9 Å². The first-order valence-corrected chi connectivity index (χ1v) is 17.5. The number of nitrogens with zero attached hydrogens (tertiary/aromatic N) is 2. The van der Waals surface area contributed by atoms with Crippen LogP contribution < -0.4 is 0 Å². The van der Waals surface area contributed by atoms with E-state index in [4.69, 9.17) is 13.8 Å². The zero-order valence-electron chi connectivity index (χ0n) is 29.0. The zero-order chi connectivity index (χ0) is 34.1. The van der Waals surface area contributed by atoms with E-state index in [0.29, 0.717) is 0 Å². The molecule has 3 heterocycles. The van der Waals surface area contributed by atoms with E-state index in [-0.39, 0.29) is 11.8 Å². The molecule has 0 aliphatic heterocycles. The highest BCUT2D eigenvalue weighted by atomic mass is 16.3. The summed E-state index contributed by atoms with van der Waals surface area (Å²) in [4.78, 5) is 5.35. The van der Waals surface area contributed by atoms with Crippen molar-refractivity contribution >= 4 is 43.9 Å². The summed E-state index contributed by atoms with van der Waals surface area (Å²) in [5.41, 5.74) is 13.9. The van der Waals surface area contributed by atoms with Gasteiger partial charge in [0.15, 0.2) is 0 Å². The number of benzene rings is 6. The number of imidazole rings is 1. The van der Waals surface area contributed by atoms with Gasteiger partial charge in [-0.2, -0.15) is 0 Å². The molecule has 0 N–H and O–H groups in total. The minimum absolute atomic E-state index is 0.279. The van der Waals surface area contributed by atoms with Gasteiger partial charge in [0.1, 0.15) is 28.3 Å². The molecule has 0 fully saturated rings. The summed E-state index contributed by atoms with van der Waals surface area (Å²) >= 11 is 0. The van der Waals surface area contributed by atoms with Crippen LogP contribution in [0.2, 0.25) is 0 Å². The maximum atomic E-state index is 6.81. The van der Waals surface area contributed by atoms with Gasteiger partial charge < -0.3 is 8.83 Å². The summed E-state index contributed by atoms with van der Waals surface area (Å²) in [5, 5.41) is 3.23. The van der Waals surface area contributed by atoms with Crippen LogP contribution in [-0.2, 0) is 0 Å². The second-order valence-corrected chi connectivity index (χ2v) is 14.0. The Kier molecular flexibility index (Phi) is 7.03. The lowest BCUT2D eigenvalue weighted by atomic mass is 9.88. The molecule has 0 spiro atoms. The molecule has 4 nitrogen and oxygen atoms in total. The maximum Gasteiger partial charge on any atom is 0.149 e. The van der Waals surface area contributed by atoms with Gasteiger partial charge in [0.2, 0.25) is 0 Å². The van der Waals surface area contributed by atoms with Gasteiger partial charge in [-0.05, 0) is 77.4 Å². The molecule has 244 valence electrons. The molecule has 0 unspecified atom stereocenters. The molecule has 6 aromatic carbocycles. The summed E-state index contributed by atoms with van der Waals surface area (Å²) in [6.45, 7) is 11.3. The van der Waals surface area contributed by atoms with E-state index in [1.807, 2.05) is 24.3 Å². The topological polar surface area (TPSA) is 44.1 Å². The third-order valence-corrected chi connectivity index (χ3v) is 10.1. The first-order valence-electron chi connectivity index (χ1n) is 17.5. The van der Waals surface area contributed by atoms with E-state index < -0.39 is 0 Å². The average molecular weight is 651 g/mol. The van der Waals surface area contributed by atoms with Crippen molar-refractivity contribution in [1.82, 2.24) is 9.55 Å². The standard InChI is InChI=1S/C46H38N2O2/c1-27(2)35-23-32(30-15-8-6-9-16-30)24-36(28(3)4)43(35)48-40-22-13-12-21-39(40)47-46(48)34-20-14-19-33-38-25-37-29(5)44(31-17-10-7-11-18-31)49-41(37)26-42(38)50-45(33)34/h6-28H,1-5H3. The van der Waals surface area contributed by atoms with Crippen LogP contribution in [0.1, 0.15) is 56.2 Å². The molecule has 9 rings (SSSR count). The molecule has 0 bridgehead atoms. The molecule has 0 saturated carbocycles. The van der Waals surface area contributed by atoms with Gasteiger partial charge in [-0.25, -0.2) is 4.98 Å². The molecule has 3 aromatic heterocycles. The fraction of sp³-hybridized carbons (Fsp3) is 0.152. The zero-order valence-corrected chi connectivity index (χ0v) is 29.0. The third kappa shape index (κ3) is 4.70. The Hall–Kier alpha value is -5.87. The number of para-hydroxylation sites is 3. The smallest absolute Gasteiger partial charge is 0.149 e. The summed E-state index contributed by atoms with van der Waals surface area (Å²) in [5.74, 6) is 2.33. The van der Waals surface area contributed by atoms with Crippen LogP contribution in [0.4, 0.5) is 0 Å². The highest BCUT2D eigenvalue weighted by Gasteiger charge is 2.26. The second kappa shape index (κ2) is 11.6. The predicted octanol–water partition coefficient (Wildman–Crippen LogP) is 13.2.